The summed E-state index contributed by atoms with van der Waals surface area (Å²) in [5.41, 5.74) is 0.0702. The third-order valence-electron chi connectivity index (χ3n) is 1.83. The molecule has 0 saturated carbocycles. The number of aliphatic carboxylic acids is 1. The largest absolute Gasteiger partial charge is 0.504 e. The molecule has 3 N–H and O–H groups in total. The van der Waals surface area contributed by atoms with Gasteiger partial charge in [-0.15, -0.1) is 0 Å². The second-order valence-corrected chi connectivity index (χ2v) is 3.64. The number of aliphatic hydroxyl groups is 1. The molecule has 0 saturated heterocycles. The molecule has 1 aromatic carbocycles. The Morgan fingerprint density at radius 1 is 1.53 bits per heavy atom. The lowest BCUT2D eigenvalue weighted by molar-refractivity contribution is -0.147. The number of ether oxygens (including phenoxy) is 1. The lowest BCUT2D eigenvalue weighted by Crippen LogP contribution is -2.11. The van der Waals surface area contributed by atoms with Gasteiger partial charge in [0.2, 0.25) is 0 Å². The van der Waals surface area contributed by atoms with E-state index in [2.05, 4.69) is 15.9 Å². The van der Waals surface area contributed by atoms with Crippen molar-refractivity contribution in [1.82, 2.24) is 0 Å². The van der Waals surface area contributed by atoms with Gasteiger partial charge in [-0.1, -0.05) is 15.9 Å². The van der Waals surface area contributed by atoms with Crippen molar-refractivity contribution in [1.29, 1.82) is 0 Å². The maximum atomic E-state index is 10.5. The molecular weight excluding hydrogens is 268 g/mol. The summed E-state index contributed by atoms with van der Waals surface area (Å²) in [5.74, 6) is -1.42. The summed E-state index contributed by atoms with van der Waals surface area (Å²) < 4.78 is 5.17. The molecule has 0 aromatic heterocycles. The van der Waals surface area contributed by atoms with Crippen LogP contribution in [0.3, 0.4) is 0 Å². The first-order valence-corrected chi connectivity index (χ1v) is 4.74. The third kappa shape index (κ3) is 2.40. The van der Waals surface area contributed by atoms with Crippen molar-refractivity contribution in [3.05, 3.63) is 22.2 Å². The molecule has 1 rings (SSSR count). The Morgan fingerprint density at radius 3 is 2.60 bits per heavy atom. The number of rotatable bonds is 3. The molecule has 0 radical (unpaired) electrons. The van der Waals surface area contributed by atoms with E-state index in [1.807, 2.05) is 0 Å². The maximum Gasteiger partial charge on any atom is 0.337 e. The van der Waals surface area contributed by atoms with Crippen LogP contribution in [-0.2, 0) is 4.79 Å². The zero-order valence-electron chi connectivity index (χ0n) is 7.77. The SMILES string of the molecule is COc1cc(Br)c(C(O)C(=O)O)cc1O. The molecule has 15 heavy (non-hydrogen) atoms. The molecule has 1 aromatic rings. The Kier molecular flexibility index (Phi) is 3.54. The number of methoxy groups -OCH3 is 1. The number of phenolic OH excluding ortho intramolecular Hbond substituents is 1. The van der Waals surface area contributed by atoms with E-state index in [-0.39, 0.29) is 17.1 Å². The van der Waals surface area contributed by atoms with Crippen LogP contribution >= 0.6 is 15.9 Å². The Balaban J connectivity index is 3.21. The zero-order valence-corrected chi connectivity index (χ0v) is 9.35. The molecule has 0 amide bonds. The van der Waals surface area contributed by atoms with Crippen LogP contribution in [-0.4, -0.2) is 28.4 Å². The molecule has 1 unspecified atom stereocenters. The Labute approximate surface area is 94.1 Å². The number of benzene rings is 1. The highest BCUT2D eigenvalue weighted by atomic mass is 79.9. The summed E-state index contributed by atoms with van der Waals surface area (Å²) in [6, 6.07) is 2.53. The topological polar surface area (TPSA) is 87.0 Å². The van der Waals surface area contributed by atoms with Crippen LogP contribution in [0.1, 0.15) is 11.7 Å². The molecule has 6 heteroatoms. The molecule has 0 aliphatic heterocycles. The summed E-state index contributed by atoms with van der Waals surface area (Å²) >= 11 is 3.08. The molecule has 0 bridgehead atoms. The van der Waals surface area contributed by atoms with Gasteiger partial charge in [0.15, 0.2) is 17.6 Å². The van der Waals surface area contributed by atoms with E-state index in [4.69, 9.17) is 9.84 Å². The standard InChI is InChI=1S/C9H9BrO5/c1-15-7-3-5(10)4(2-6(7)11)8(12)9(13)14/h2-3,8,11-12H,1H3,(H,13,14). The van der Waals surface area contributed by atoms with Crippen molar-refractivity contribution >= 4 is 21.9 Å². The number of carboxylic acid groups (broad SMARTS) is 1. The molecule has 5 nitrogen and oxygen atoms in total. The lowest BCUT2D eigenvalue weighted by Gasteiger charge is -2.11. The van der Waals surface area contributed by atoms with E-state index < -0.39 is 12.1 Å². The minimum absolute atomic E-state index is 0.0702. The highest BCUT2D eigenvalue weighted by molar-refractivity contribution is 9.10. The molecule has 0 spiro atoms. The fourth-order valence-electron chi connectivity index (χ4n) is 1.07. The van der Waals surface area contributed by atoms with E-state index in [1.165, 1.54) is 13.2 Å². The molecule has 0 heterocycles. The lowest BCUT2D eigenvalue weighted by atomic mass is 10.1. The van der Waals surface area contributed by atoms with E-state index >= 15 is 0 Å². The van der Waals surface area contributed by atoms with Gasteiger partial charge in [-0.05, 0) is 12.1 Å². The first-order valence-electron chi connectivity index (χ1n) is 3.94. The normalized spacial score (nSPS) is 12.2. The van der Waals surface area contributed by atoms with Crippen molar-refractivity contribution in [2.75, 3.05) is 7.11 Å². The van der Waals surface area contributed by atoms with Gasteiger partial charge in [-0.2, -0.15) is 0 Å². The highest BCUT2D eigenvalue weighted by Gasteiger charge is 2.20. The van der Waals surface area contributed by atoms with Crippen LogP contribution in [0.5, 0.6) is 11.5 Å². The van der Waals surface area contributed by atoms with Crippen molar-refractivity contribution in [2.24, 2.45) is 0 Å². The third-order valence-corrected chi connectivity index (χ3v) is 2.51. The average Bonchev–Trinajstić information content (AvgIpc) is 2.19. The summed E-state index contributed by atoms with van der Waals surface area (Å²) in [6.45, 7) is 0. The first kappa shape index (κ1) is 11.8. The van der Waals surface area contributed by atoms with Gasteiger partial charge >= 0.3 is 5.97 Å². The number of hydrogen-bond acceptors (Lipinski definition) is 4. The molecule has 82 valence electrons. The van der Waals surface area contributed by atoms with Crippen molar-refractivity contribution in [3.63, 3.8) is 0 Å². The van der Waals surface area contributed by atoms with Gasteiger partial charge < -0.3 is 20.1 Å². The van der Waals surface area contributed by atoms with Gasteiger partial charge in [0, 0.05) is 10.0 Å². The van der Waals surface area contributed by atoms with Crippen LogP contribution in [0, 0.1) is 0 Å². The predicted molar refractivity (Wildman–Crippen MR) is 55.0 cm³/mol. The Hall–Kier alpha value is -1.27. The number of halogens is 1. The van der Waals surface area contributed by atoms with Crippen LogP contribution in [0.2, 0.25) is 0 Å². The molecule has 0 aliphatic rings. The van der Waals surface area contributed by atoms with Crippen LogP contribution in [0.4, 0.5) is 0 Å². The minimum Gasteiger partial charge on any atom is -0.504 e. The maximum absolute atomic E-state index is 10.5. The average molecular weight is 277 g/mol. The summed E-state index contributed by atoms with van der Waals surface area (Å²) in [6.07, 6.45) is -1.68. The van der Waals surface area contributed by atoms with Gasteiger partial charge in [0.25, 0.3) is 0 Å². The van der Waals surface area contributed by atoms with E-state index in [9.17, 15) is 15.0 Å². The van der Waals surface area contributed by atoms with Gasteiger partial charge in [0.05, 0.1) is 7.11 Å². The molecule has 0 aliphatic carbocycles. The number of carbonyl (C=O) groups is 1. The van der Waals surface area contributed by atoms with Crippen molar-refractivity contribution in [2.45, 2.75) is 6.10 Å². The van der Waals surface area contributed by atoms with Gasteiger partial charge in [0.1, 0.15) is 0 Å². The zero-order chi connectivity index (χ0) is 11.6. The summed E-state index contributed by atoms with van der Waals surface area (Å²) in [5, 5.41) is 27.3. The fraction of sp³-hybridized carbons (Fsp3) is 0.222. The molecular formula is C9H9BrO5. The van der Waals surface area contributed by atoms with Gasteiger partial charge in [-0.25, -0.2) is 4.79 Å². The van der Waals surface area contributed by atoms with Crippen LogP contribution in [0.25, 0.3) is 0 Å². The first-order chi connectivity index (χ1) is 6.97. The monoisotopic (exact) mass is 276 g/mol. The van der Waals surface area contributed by atoms with Crippen molar-refractivity contribution < 1.29 is 24.9 Å². The molecule has 0 fully saturated rings. The van der Waals surface area contributed by atoms with Crippen molar-refractivity contribution in [3.8, 4) is 11.5 Å². The number of carboxylic acids is 1. The summed E-state index contributed by atoms with van der Waals surface area (Å²) in [7, 11) is 1.37. The Bertz CT molecular complexity index is 390. The van der Waals surface area contributed by atoms with E-state index in [0.717, 1.165) is 6.07 Å². The van der Waals surface area contributed by atoms with Gasteiger partial charge in [-0.3, -0.25) is 0 Å². The second kappa shape index (κ2) is 4.50. The predicted octanol–water partition coefficient (Wildman–Crippen LogP) is 1.28. The second-order valence-electron chi connectivity index (χ2n) is 2.79. The smallest absolute Gasteiger partial charge is 0.337 e. The van der Waals surface area contributed by atoms with E-state index in [1.54, 1.807) is 0 Å². The number of hydrogen-bond donors (Lipinski definition) is 3. The number of phenols is 1. The number of aromatic hydroxyl groups is 1. The van der Waals surface area contributed by atoms with E-state index in [0.29, 0.717) is 4.47 Å². The quantitative estimate of drug-likeness (QED) is 0.774. The number of aliphatic hydroxyl groups excluding tert-OH is 1. The van der Waals surface area contributed by atoms with Crippen LogP contribution < -0.4 is 4.74 Å². The molecule has 1 atom stereocenters. The van der Waals surface area contributed by atoms with Crippen LogP contribution in [0.15, 0.2) is 16.6 Å². The minimum atomic E-state index is -1.68. The Morgan fingerprint density at radius 2 is 2.13 bits per heavy atom. The fourth-order valence-corrected chi connectivity index (χ4v) is 1.61. The summed E-state index contributed by atoms with van der Waals surface area (Å²) in [4.78, 5) is 10.5. The highest BCUT2D eigenvalue weighted by Crippen LogP contribution is 2.35.